The molecule has 1 radical (unpaired) electrons. The first-order chi connectivity index (χ1) is 6.01. The van der Waals surface area contributed by atoms with E-state index in [-0.39, 0.29) is 36.1 Å². The van der Waals surface area contributed by atoms with E-state index in [2.05, 4.69) is 0 Å². The molecule has 9 heteroatoms. The molecule has 0 aromatic heterocycles. The van der Waals surface area contributed by atoms with Gasteiger partial charge in [0.25, 0.3) is 10.1 Å². The van der Waals surface area contributed by atoms with Gasteiger partial charge in [0.2, 0.25) is 0 Å². The van der Waals surface area contributed by atoms with Crippen molar-refractivity contribution in [2.45, 2.75) is 5.25 Å². The quantitative estimate of drug-likeness (QED) is 0.282. The number of quaternary nitrogens is 1. The van der Waals surface area contributed by atoms with Gasteiger partial charge in [-0.3, -0.25) is 8.76 Å². The molecule has 87 valence electrons. The second kappa shape index (κ2) is 6.65. The summed E-state index contributed by atoms with van der Waals surface area (Å²) in [4.78, 5) is 0. The van der Waals surface area contributed by atoms with Crippen LogP contribution in [-0.2, 0) is 21.2 Å². The van der Waals surface area contributed by atoms with Crippen molar-refractivity contribution >= 4 is 50.8 Å². The van der Waals surface area contributed by atoms with Crippen LogP contribution in [-0.4, -0.2) is 94.5 Å². The standard InChI is InChI=1S/C6H15NO5S2.Na/c1-7(2,3)4-6(13(8)9)5-14(10,11)12;/h6H,4-5H2,1-3H3,(H-,8,9,10,11,12);. The van der Waals surface area contributed by atoms with Gasteiger partial charge >= 0.3 is 0 Å². The van der Waals surface area contributed by atoms with E-state index in [0.717, 1.165) is 0 Å². The van der Waals surface area contributed by atoms with Gasteiger partial charge in [0.05, 0.1) is 38.7 Å². The van der Waals surface area contributed by atoms with E-state index in [0.29, 0.717) is 4.48 Å². The molecule has 0 aliphatic rings. The molecule has 6 nitrogen and oxygen atoms in total. The van der Waals surface area contributed by atoms with Gasteiger partial charge in [-0.1, -0.05) is 0 Å². The largest absolute Gasteiger partial charge is 0.772 e. The molecule has 1 N–H and O–H groups in total. The average Bonchev–Trinajstić information content (AvgIpc) is 1.78. The summed E-state index contributed by atoms with van der Waals surface area (Å²) >= 11 is -2.50. The Labute approximate surface area is 115 Å². The molecule has 15 heavy (non-hydrogen) atoms. The SMILES string of the molecule is C[N+](C)(C)CC(CS(=O)(=O)O)S(=O)[O-].[Na]. The van der Waals surface area contributed by atoms with E-state index in [9.17, 15) is 17.2 Å². The van der Waals surface area contributed by atoms with Gasteiger partial charge in [0.1, 0.15) is 0 Å². The zero-order valence-electron chi connectivity index (χ0n) is 9.34. The maximum Gasteiger partial charge on any atom is 0.266 e. The Morgan fingerprint density at radius 3 is 2.00 bits per heavy atom. The Morgan fingerprint density at radius 2 is 1.80 bits per heavy atom. The van der Waals surface area contributed by atoms with Crippen molar-refractivity contribution < 1.29 is 26.2 Å². The van der Waals surface area contributed by atoms with Crippen molar-refractivity contribution in [1.82, 2.24) is 0 Å². The minimum Gasteiger partial charge on any atom is -0.772 e. The molecule has 0 fully saturated rings. The summed E-state index contributed by atoms with van der Waals surface area (Å²) in [5.41, 5.74) is 0. The maximum atomic E-state index is 10.7. The third-order valence-electron chi connectivity index (χ3n) is 1.42. The van der Waals surface area contributed by atoms with Crippen LogP contribution in [0.4, 0.5) is 0 Å². The van der Waals surface area contributed by atoms with E-state index in [4.69, 9.17) is 4.55 Å². The van der Waals surface area contributed by atoms with E-state index in [1.807, 2.05) is 0 Å². The van der Waals surface area contributed by atoms with Crippen LogP contribution in [0, 0.1) is 0 Å². The van der Waals surface area contributed by atoms with Gasteiger partial charge in [-0.25, -0.2) is 0 Å². The molecule has 0 saturated heterocycles. The summed E-state index contributed by atoms with van der Waals surface area (Å²) in [7, 11) is 0.976. The molecule has 0 amide bonds. The topological polar surface area (TPSA) is 94.5 Å². The molecule has 0 spiro atoms. The number of rotatable bonds is 5. The number of hydrogen-bond acceptors (Lipinski definition) is 4. The third kappa shape index (κ3) is 11.2. The molecule has 0 saturated carbocycles. The number of nitrogens with zero attached hydrogens (tertiary/aromatic N) is 1. The van der Waals surface area contributed by atoms with Gasteiger partial charge in [-0.2, -0.15) is 8.42 Å². The van der Waals surface area contributed by atoms with E-state index < -0.39 is 32.2 Å². The molecule has 0 aromatic carbocycles. The fraction of sp³-hybridized carbons (Fsp3) is 1.00. The first kappa shape index (κ1) is 18.3. The summed E-state index contributed by atoms with van der Waals surface area (Å²) in [5, 5.41) is -1.08. The van der Waals surface area contributed by atoms with E-state index >= 15 is 0 Å². The molecule has 0 aliphatic heterocycles. The van der Waals surface area contributed by atoms with Gasteiger partial charge in [0, 0.05) is 29.6 Å². The van der Waals surface area contributed by atoms with Crippen LogP contribution in [0.1, 0.15) is 0 Å². The zero-order valence-corrected chi connectivity index (χ0v) is 13.0. The van der Waals surface area contributed by atoms with Crippen molar-refractivity contribution in [3.63, 3.8) is 0 Å². The van der Waals surface area contributed by atoms with Crippen molar-refractivity contribution in [3.05, 3.63) is 0 Å². The monoisotopic (exact) mass is 268 g/mol. The fourth-order valence-corrected chi connectivity index (χ4v) is 3.12. The molecule has 2 atom stereocenters. The van der Waals surface area contributed by atoms with Crippen molar-refractivity contribution in [2.24, 2.45) is 0 Å². The average molecular weight is 268 g/mol. The summed E-state index contributed by atoms with van der Waals surface area (Å²) in [6.45, 7) is 0.135. The molecule has 0 aromatic rings. The van der Waals surface area contributed by atoms with E-state index in [1.54, 1.807) is 21.1 Å². The number of hydrogen-bond donors (Lipinski definition) is 1. The van der Waals surface area contributed by atoms with Gasteiger partial charge in [-0.05, 0) is 11.1 Å². The molecule has 0 aliphatic carbocycles. The van der Waals surface area contributed by atoms with Crippen LogP contribution < -0.4 is 0 Å². The first-order valence-electron chi connectivity index (χ1n) is 3.85. The molecular weight excluding hydrogens is 253 g/mol. The normalized spacial score (nSPS) is 16.6. The second-order valence-corrected chi connectivity index (χ2v) is 6.79. The maximum absolute atomic E-state index is 10.7. The van der Waals surface area contributed by atoms with Crippen LogP contribution in [0.3, 0.4) is 0 Å². The fourth-order valence-electron chi connectivity index (χ4n) is 1.01. The summed E-state index contributed by atoms with van der Waals surface area (Å²) in [6.07, 6.45) is 0. The second-order valence-electron chi connectivity index (χ2n) is 4.10. The van der Waals surface area contributed by atoms with Crippen LogP contribution in [0.5, 0.6) is 0 Å². The van der Waals surface area contributed by atoms with Crippen LogP contribution in [0.2, 0.25) is 0 Å². The van der Waals surface area contributed by atoms with Crippen molar-refractivity contribution in [2.75, 3.05) is 33.4 Å². The minimum absolute atomic E-state index is 0. The molecule has 0 bridgehead atoms. The van der Waals surface area contributed by atoms with Crippen LogP contribution >= 0.6 is 0 Å². The molecule has 0 rings (SSSR count). The molecular formula is C6H15NNaO5S2. The van der Waals surface area contributed by atoms with Gasteiger partial charge < -0.3 is 9.04 Å². The Bertz CT molecular complexity index is 310. The zero-order chi connectivity index (χ0) is 11.6. The Hall–Kier alpha value is 0.980. The Kier molecular flexibility index (Phi) is 8.14. The third-order valence-corrected chi connectivity index (χ3v) is 3.31. The van der Waals surface area contributed by atoms with Gasteiger partial charge in [0.15, 0.2) is 0 Å². The first-order valence-corrected chi connectivity index (χ1v) is 6.60. The molecule has 2 unspecified atom stereocenters. The van der Waals surface area contributed by atoms with Crippen LogP contribution in [0.15, 0.2) is 0 Å². The smallest absolute Gasteiger partial charge is 0.266 e. The van der Waals surface area contributed by atoms with E-state index in [1.165, 1.54) is 0 Å². The Balaban J connectivity index is 0. The predicted molar refractivity (Wildman–Crippen MR) is 57.8 cm³/mol. The summed E-state index contributed by atoms with van der Waals surface area (Å²) < 4.78 is 51.2. The summed E-state index contributed by atoms with van der Waals surface area (Å²) in [5.74, 6) is -0.751. The molecule has 0 heterocycles. The predicted octanol–water partition coefficient (Wildman–Crippen LogP) is -1.55. The van der Waals surface area contributed by atoms with Crippen LogP contribution in [0.25, 0.3) is 0 Å². The Morgan fingerprint density at radius 1 is 1.40 bits per heavy atom. The van der Waals surface area contributed by atoms with Gasteiger partial charge in [-0.15, -0.1) is 0 Å². The van der Waals surface area contributed by atoms with Crippen molar-refractivity contribution in [3.8, 4) is 0 Å². The minimum atomic E-state index is -4.24. The van der Waals surface area contributed by atoms with Crippen molar-refractivity contribution in [1.29, 1.82) is 0 Å². The summed E-state index contributed by atoms with van der Waals surface area (Å²) in [6, 6.07) is 0.